The summed E-state index contributed by atoms with van der Waals surface area (Å²) < 4.78 is 101. The van der Waals surface area contributed by atoms with E-state index in [9.17, 15) is 35.9 Å². The number of benzene rings is 1. The molecule has 1 aromatic heterocycles. The van der Waals surface area contributed by atoms with E-state index < -0.39 is 65.5 Å². The van der Waals surface area contributed by atoms with Gasteiger partial charge in [-0.1, -0.05) is 13.0 Å². The summed E-state index contributed by atoms with van der Waals surface area (Å²) in [6.07, 6.45) is -5.62. The second-order valence-corrected chi connectivity index (χ2v) is 8.25. The van der Waals surface area contributed by atoms with Crippen LogP contribution in [0.3, 0.4) is 0 Å². The number of rotatable bonds is 7. The van der Waals surface area contributed by atoms with Gasteiger partial charge in [-0.05, 0) is 25.1 Å². The second kappa shape index (κ2) is 10.4. The van der Waals surface area contributed by atoms with Gasteiger partial charge in [0.2, 0.25) is 5.82 Å². The molecule has 37 heavy (non-hydrogen) atoms. The standard InChI is InChI=1S/C23H22F6N2O6/c1-10-15(12-5-6-14(36-21(25)26)16(24)17(12)34-3)18(37-22(10,2)23(27,28)29)19(32)31-11-7-8-30-13(9-11)20(33)35-4/h5-10,15,18,21H,1-4H3,(H,30,31,32)/t10-,15-,18+,22+/m0/s1. The molecule has 0 saturated carbocycles. The first-order valence-corrected chi connectivity index (χ1v) is 10.7. The Morgan fingerprint density at radius 1 is 1.19 bits per heavy atom. The average molecular weight is 536 g/mol. The maximum absolute atomic E-state index is 14.9. The van der Waals surface area contributed by atoms with Crippen molar-refractivity contribution in [3.63, 3.8) is 0 Å². The van der Waals surface area contributed by atoms with E-state index in [2.05, 4.69) is 19.8 Å². The van der Waals surface area contributed by atoms with E-state index in [4.69, 9.17) is 9.47 Å². The zero-order chi connectivity index (χ0) is 27.7. The molecule has 0 spiro atoms. The van der Waals surface area contributed by atoms with Crippen molar-refractivity contribution in [2.45, 2.75) is 44.3 Å². The molecule has 2 heterocycles. The van der Waals surface area contributed by atoms with Gasteiger partial charge in [-0.2, -0.15) is 26.3 Å². The molecule has 1 amide bonds. The molecule has 202 valence electrons. The van der Waals surface area contributed by atoms with Gasteiger partial charge < -0.3 is 24.3 Å². The van der Waals surface area contributed by atoms with Crippen molar-refractivity contribution >= 4 is 17.6 Å². The molecule has 1 fully saturated rings. The first-order valence-electron chi connectivity index (χ1n) is 10.7. The molecule has 1 aliphatic heterocycles. The van der Waals surface area contributed by atoms with Crippen LogP contribution in [-0.2, 0) is 14.3 Å². The number of alkyl halides is 5. The van der Waals surface area contributed by atoms with Gasteiger partial charge in [-0.3, -0.25) is 4.79 Å². The lowest BCUT2D eigenvalue weighted by atomic mass is 9.77. The van der Waals surface area contributed by atoms with Crippen LogP contribution in [0, 0.1) is 11.7 Å². The number of ether oxygens (including phenoxy) is 4. The Morgan fingerprint density at radius 2 is 1.86 bits per heavy atom. The van der Waals surface area contributed by atoms with Crippen LogP contribution < -0.4 is 14.8 Å². The highest BCUT2D eigenvalue weighted by Gasteiger charge is 2.66. The van der Waals surface area contributed by atoms with Crippen molar-refractivity contribution in [2.24, 2.45) is 5.92 Å². The minimum Gasteiger partial charge on any atom is -0.493 e. The summed E-state index contributed by atoms with van der Waals surface area (Å²) >= 11 is 0. The molecule has 2 aromatic rings. The van der Waals surface area contributed by atoms with E-state index in [1.807, 2.05) is 0 Å². The van der Waals surface area contributed by atoms with Crippen LogP contribution in [0.4, 0.5) is 32.0 Å². The number of halogens is 6. The number of carbonyl (C=O) groups excluding carboxylic acids is 2. The monoisotopic (exact) mass is 536 g/mol. The Bertz CT molecular complexity index is 1180. The van der Waals surface area contributed by atoms with Crippen LogP contribution >= 0.6 is 0 Å². The van der Waals surface area contributed by atoms with E-state index in [1.54, 1.807) is 0 Å². The van der Waals surface area contributed by atoms with E-state index in [-0.39, 0.29) is 16.9 Å². The summed E-state index contributed by atoms with van der Waals surface area (Å²) in [5.74, 6) is -7.75. The molecule has 3 rings (SSSR count). The van der Waals surface area contributed by atoms with Crippen molar-refractivity contribution in [1.29, 1.82) is 0 Å². The number of pyridine rings is 1. The molecule has 0 unspecified atom stereocenters. The average Bonchev–Trinajstić information content (AvgIpc) is 3.11. The van der Waals surface area contributed by atoms with Crippen LogP contribution in [0.2, 0.25) is 0 Å². The number of hydrogen-bond donors (Lipinski definition) is 1. The summed E-state index contributed by atoms with van der Waals surface area (Å²) in [6, 6.07) is 4.25. The zero-order valence-electron chi connectivity index (χ0n) is 19.9. The van der Waals surface area contributed by atoms with Gasteiger partial charge in [0, 0.05) is 29.3 Å². The predicted molar refractivity (Wildman–Crippen MR) is 115 cm³/mol. The third-order valence-electron chi connectivity index (χ3n) is 6.22. The SMILES string of the molecule is COC(=O)c1cc(NC(=O)[C@@H]2O[C@@](C)(C(F)(F)F)[C@@H](C)[C@H]2c2ccc(OC(F)F)c(F)c2OC)ccn1. The third-order valence-corrected chi connectivity index (χ3v) is 6.22. The van der Waals surface area contributed by atoms with Crippen LogP contribution in [-0.4, -0.2) is 55.6 Å². The van der Waals surface area contributed by atoms with Crippen molar-refractivity contribution in [3.8, 4) is 11.5 Å². The molecule has 4 atom stereocenters. The van der Waals surface area contributed by atoms with Crippen molar-refractivity contribution in [1.82, 2.24) is 4.98 Å². The number of anilines is 1. The first-order chi connectivity index (χ1) is 17.2. The summed E-state index contributed by atoms with van der Waals surface area (Å²) in [6.45, 7) is -1.47. The molecule has 1 saturated heterocycles. The molecule has 1 aliphatic rings. The highest BCUT2D eigenvalue weighted by atomic mass is 19.4. The number of carbonyl (C=O) groups is 2. The van der Waals surface area contributed by atoms with E-state index >= 15 is 0 Å². The van der Waals surface area contributed by atoms with Gasteiger partial charge in [0.25, 0.3) is 5.91 Å². The van der Waals surface area contributed by atoms with Gasteiger partial charge in [0.15, 0.2) is 17.1 Å². The van der Waals surface area contributed by atoms with Crippen molar-refractivity contribution in [2.75, 3.05) is 19.5 Å². The molecule has 1 N–H and O–H groups in total. The van der Waals surface area contributed by atoms with Gasteiger partial charge in [-0.15, -0.1) is 0 Å². The topological polar surface area (TPSA) is 96.0 Å². The van der Waals surface area contributed by atoms with Crippen LogP contribution in [0.1, 0.15) is 35.8 Å². The molecule has 0 bridgehead atoms. The smallest absolute Gasteiger partial charge is 0.417 e. The van der Waals surface area contributed by atoms with Crippen LogP contribution in [0.5, 0.6) is 11.5 Å². The Balaban J connectivity index is 2.07. The van der Waals surface area contributed by atoms with E-state index in [1.165, 1.54) is 6.07 Å². The van der Waals surface area contributed by atoms with Gasteiger partial charge in [0.1, 0.15) is 11.8 Å². The summed E-state index contributed by atoms with van der Waals surface area (Å²) in [7, 11) is 2.09. The number of methoxy groups -OCH3 is 2. The highest BCUT2D eigenvalue weighted by molar-refractivity contribution is 5.96. The number of nitrogens with one attached hydrogen (secondary N) is 1. The van der Waals surface area contributed by atoms with Crippen molar-refractivity contribution < 1.29 is 54.9 Å². The quantitative estimate of drug-likeness (QED) is 0.405. The molecular weight excluding hydrogens is 514 g/mol. The number of nitrogens with zero attached hydrogens (tertiary/aromatic N) is 1. The van der Waals surface area contributed by atoms with Gasteiger partial charge in [-0.25, -0.2) is 9.78 Å². The van der Waals surface area contributed by atoms with E-state index in [0.717, 1.165) is 52.5 Å². The Kier molecular flexibility index (Phi) is 7.91. The molecule has 0 radical (unpaired) electrons. The highest BCUT2D eigenvalue weighted by Crippen LogP contribution is 2.55. The number of amides is 1. The Labute approximate surface area is 206 Å². The van der Waals surface area contributed by atoms with Gasteiger partial charge >= 0.3 is 18.8 Å². The third kappa shape index (κ3) is 5.29. The summed E-state index contributed by atoms with van der Waals surface area (Å²) in [5, 5.41) is 2.36. The fraction of sp³-hybridized carbons (Fsp3) is 0.435. The zero-order valence-corrected chi connectivity index (χ0v) is 19.9. The molecule has 1 aromatic carbocycles. The Morgan fingerprint density at radius 3 is 2.43 bits per heavy atom. The van der Waals surface area contributed by atoms with Crippen LogP contribution in [0.25, 0.3) is 0 Å². The fourth-order valence-corrected chi connectivity index (χ4v) is 4.17. The first kappa shape index (κ1) is 28.0. The second-order valence-electron chi connectivity index (χ2n) is 8.25. The summed E-state index contributed by atoms with van der Waals surface area (Å²) in [4.78, 5) is 28.7. The predicted octanol–water partition coefficient (Wildman–Crippen LogP) is 4.70. The van der Waals surface area contributed by atoms with Crippen LogP contribution in [0.15, 0.2) is 30.5 Å². The normalized spacial score (nSPS) is 23.6. The molecule has 14 heteroatoms. The maximum Gasteiger partial charge on any atom is 0.417 e. The lowest BCUT2D eigenvalue weighted by Gasteiger charge is -2.32. The largest absolute Gasteiger partial charge is 0.493 e. The van der Waals surface area contributed by atoms with E-state index in [0.29, 0.717) is 0 Å². The maximum atomic E-state index is 14.9. The van der Waals surface area contributed by atoms with Gasteiger partial charge in [0.05, 0.1) is 14.2 Å². The summed E-state index contributed by atoms with van der Waals surface area (Å²) in [5.41, 5.74) is -3.27. The number of esters is 1. The lowest BCUT2D eigenvalue weighted by Crippen LogP contribution is -2.47. The number of hydrogen-bond acceptors (Lipinski definition) is 7. The lowest BCUT2D eigenvalue weighted by molar-refractivity contribution is -0.272. The van der Waals surface area contributed by atoms with Crippen molar-refractivity contribution in [3.05, 3.63) is 47.5 Å². The molecule has 8 nitrogen and oxygen atoms in total. The molecular formula is C23H22F6N2O6. The Hall–Kier alpha value is -3.55. The molecule has 0 aliphatic carbocycles. The minimum atomic E-state index is -4.95. The fourth-order valence-electron chi connectivity index (χ4n) is 4.17. The minimum absolute atomic E-state index is 0.00478. The number of aromatic nitrogens is 1.